The van der Waals surface area contributed by atoms with Gasteiger partial charge in [0.1, 0.15) is 11.7 Å². The summed E-state index contributed by atoms with van der Waals surface area (Å²) >= 11 is 0. The third-order valence-corrected chi connectivity index (χ3v) is 1.68. The Balaban J connectivity index is 3.06. The molecule has 0 heterocycles. The van der Waals surface area contributed by atoms with Gasteiger partial charge in [-0.1, -0.05) is 0 Å². The van der Waals surface area contributed by atoms with E-state index in [4.69, 9.17) is 11.3 Å². The summed E-state index contributed by atoms with van der Waals surface area (Å²) in [5, 5.41) is 0. The average molecular weight is 163 g/mol. The van der Waals surface area contributed by atoms with Gasteiger partial charge in [-0.25, -0.2) is 0 Å². The van der Waals surface area contributed by atoms with Gasteiger partial charge in [-0.3, -0.25) is 4.79 Å². The van der Waals surface area contributed by atoms with E-state index in [2.05, 4.69) is 4.79 Å². The number of ketones is 1. The maximum Gasteiger partial charge on any atom is 0.306 e. The number of carbonyl (C=O) groups is 1. The first-order valence-corrected chi connectivity index (χ1v) is 3.53. The summed E-state index contributed by atoms with van der Waals surface area (Å²) in [4.78, 5) is 14.0. The van der Waals surface area contributed by atoms with Crippen LogP contribution < -0.4 is 5.73 Å². The molecule has 0 aromatic rings. The molecule has 0 spiro atoms. The van der Waals surface area contributed by atoms with Crippen molar-refractivity contribution >= 4 is 11.5 Å². The number of hydrogen-bond acceptors (Lipinski definition) is 2. The predicted octanol–water partition coefficient (Wildman–Crippen LogP) is 0.275. The van der Waals surface area contributed by atoms with Gasteiger partial charge in [0.15, 0.2) is 0 Å². The molecule has 1 aliphatic carbocycles. The largest absolute Gasteiger partial charge is 0.399 e. The van der Waals surface area contributed by atoms with E-state index in [1.165, 1.54) is 13.0 Å². The van der Waals surface area contributed by atoms with Crippen LogP contribution in [0.5, 0.6) is 0 Å². The van der Waals surface area contributed by atoms with Crippen LogP contribution in [0.25, 0.3) is 5.53 Å². The summed E-state index contributed by atoms with van der Waals surface area (Å²) < 4.78 is 0. The van der Waals surface area contributed by atoms with Crippen molar-refractivity contribution in [3.8, 4) is 0 Å². The van der Waals surface area contributed by atoms with Crippen molar-refractivity contribution in [2.45, 2.75) is 6.92 Å². The first kappa shape index (κ1) is 8.43. The number of Topliss-reactive ketones (excluding diaryl/α,β-unsaturated/α-hetero) is 1. The Morgan fingerprint density at radius 2 is 2.33 bits per heavy atom. The minimum Gasteiger partial charge on any atom is -0.399 e. The maximum atomic E-state index is 11.0. The zero-order chi connectivity index (χ0) is 9.14. The summed E-state index contributed by atoms with van der Waals surface area (Å²) in [6, 6.07) is 0. The molecule has 4 nitrogen and oxygen atoms in total. The van der Waals surface area contributed by atoms with Crippen molar-refractivity contribution in [3.63, 3.8) is 0 Å². The number of carbonyl (C=O) groups excluding carboxylic acids is 1. The SMILES string of the molecule is CC(=O)C1C=C(N)C=CC1=[N+]=[N-]. The van der Waals surface area contributed by atoms with Gasteiger partial charge in [0, 0.05) is 11.8 Å². The number of nitrogens with two attached hydrogens (primary N) is 1. The van der Waals surface area contributed by atoms with E-state index in [1.807, 2.05) is 0 Å². The molecule has 0 aromatic heterocycles. The average Bonchev–Trinajstić information content (AvgIpc) is 2.04. The number of hydrogen-bond donors (Lipinski definition) is 1. The Morgan fingerprint density at radius 1 is 1.67 bits per heavy atom. The van der Waals surface area contributed by atoms with E-state index in [-0.39, 0.29) is 5.78 Å². The molecule has 62 valence electrons. The van der Waals surface area contributed by atoms with Gasteiger partial charge in [0.25, 0.3) is 0 Å². The molecule has 1 aliphatic rings. The molecular weight excluding hydrogens is 154 g/mol. The topological polar surface area (TPSA) is 79.5 Å². The fourth-order valence-electron chi connectivity index (χ4n) is 1.04. The van der Waals surface area contributed by atoms with E-state index < -0.39 is 5.92 Å². The molecule has 0 aliphatic heterocycles. The molecule has 2 N–H and O–H groups in total. The van der Waals surface area contributed by atoms with Crippen LogP contribution in [0.15, 0.2) is 23.9 Å². The van der Waals surface area contributed by atoms with Crippen LogP contribution in [0.1, 0.15) is 6.92 Å². The molecule has 1 atom stereocenters. The quantitative estimate of drug-likeness (QED) is 0.445. The van der Waals surface area contributed by atoms with Crippen molar-refractivity contribution in [2.24, 2.45) is 11.7 Å². The summed E-state index contributed by atoms with van der Waals surface area (Å²) in [5.74, 6) is -0.588. The highest BCUT2D eigenvalue weighted by Gasteiger charge is 2.25. The van der Waals surface area contributed by atoms with Crippen molar-refractivity contribution in [2.75, 3.05) is 0 Å². The molecule has 0 bridgehead atoms. The van der Waals surface area contributed by atoms with Crippen LogP contribution in [-0.2, 0) is 4.79 Å². The molecule has 0 radical (unpaired) electrons. The van der Waals surface area contributed by atoms with Crippen LogP contribution in [-0.4, -0.2) is 16.3 Å². The van der Waals surface area contributed by atoms with Crippen LogP contribution in [0.3, 0.4) is 0 Å². The zero-order valence-corrected chi connectivity index (χ0v) is 6.69. The van der Waals surface area contributed by atoms with E-state index >= 15 is 0 Å². The second-order valence-corrected chi connectivity index (χ2v) is 2.61. The van der Waals surface area contributed by atoms with Crippen molar-refractivity contribution in [1.29, 1.82) is 0 Å². The summed E-state index contributed by atoms with van der Waals surface area (Å²) in [7, 11) is 0. The second-order valence-electron chi connectivity index (χ2n) is 2.61. The van der Waals surface area contributed by atoms with Gasteiger partial charge < -0.3 is 11.3 Å². The van der Waals surface area contributed by atoms with Gasteiger partial charge in [-0.2, -0.15) is 4.79 Å². The van der Waals surface area contributed by atoms with Crippen LogP contribution in [0.4, 0.5) is 0 Å². The molecule has 12 heavy (non-hydrogen) atoms. The molecule has 1 unspecified atom stereocenters. The Hall–Kier alpha value is -1.67. The number of allylic oxidation sites excluding steroid dienone is 3. The standard InChI is InChI=1S/C8H9N3O/c1-5(12)7-4-6(9)2-3-8(7)11-10/h2-4,7H,9H2,1H3. The second kappa shape index (κ2) is 3.15. The molecule has 0 saturated carbocycles. The smallest absolute Gasteiger partial charge is 0.306 e. The first-order valence-electron chi connectivity index (χ1n) is 3.53. The lowest BCUT2D eigenvalue weighted by atomic mass is 9.94. The minimum absolute atomic E-state index is 0.0879. The fraction of sp³-hybridized carbons (Fsp3) is 0.250. The normalized spacial score (nSPS) is 21.6. The van der Waals surface area contributed by atoms with E-state index in [0.29, 0.717) is 11.4 Å². The van der Waals surface area contributed by atoms with Gasteiger partial charge in [-0.05, 0) is 19.1 Å². The molecule has 0 amide bonds. The lowest BCUT2D eigenvalue weighted by molar-refractivity contribution is -0.118. The summed E-state index contributed by atoms with van der Waals surface area (Å²) in [5.41, 5.74) is 14.8. The van der Waals surface area contributed by atoms with E-state index in [1.54, 1.807) is 12.2 Å². The third kappa shape index (κ3) is 1.49. The van der Waals surface area contributed by atoms with Crippen molar-refractivity contribution in [3.05, 3.63) is 29.5 Å². The lowest BCUT2D eigenvalue weighted by Gasteiger charge is -2.06. The Bertz CT molecular complexity index is 321. The predicted molar refractivity (Wildman–Crippen MR) is 44.2 cm³/mol. The first-order chi connectivity index (χ1) is 5.65. The van der Waals surface area contributed by atoms with Gasteiger partial charge >= 0.3 is 5.71 Å². The Kier molecular flexibility index (Phi) is 2.21. The third-order valence-electron chi connectivity index (χ3n) is 1.68. The van der Waals surface area contributed by atoms with Crippen LogP contribution in [0.2, 0.25) is 0 Å². The minimum atomic E-state index is -0.500. The number of nitrogens with zero attached hydrogens (tertiary/aromatic N) is 2. The van der Waals surface area contributed by atoms with E-state index in [9.17, 15) is 4.79 Å². The number of rotatable bonds is 1. The molecular formula is C8H9N3O. The molecule has 1 rings (SSSR count). The Labute approximate surface area is 70.0 Å². The summed E-state index contributed by atoms with van der Waals surface area (Å²) in [6.45, 7) is 1.43. The van der Waals surface area contributed by atoms with Gasteiger partial charge in [0.05, 0.1) is 0 Å². The van der Waals surface area contributed by atoms with Crippen molar-refractivity contribution < 1.29 is 9.58 Å². The van der Waals surface area contributed by atoms with Crippen molar-refractivity contribution in [1.82, 2.24) is 0 Å². The Morgan fingerprint density at radius 3 is 2.83 bits per heavy atom. The lowest BCUT2D eigenvalue weighted by Crippen LogP contribution is -2.23. The maximum absolute atomic E-state index is 11.0. The highest BCUT2D eigenvalue weighted by Crippen LogP contribution is 2.11. The molecule has 0 aromatic carbocycles. The fourth-order valence-corrected chi connectivity index (χ4v) is 1.04. The highest BCUT2D eigenvalue weighted by atomic mass is 16.1. The highest BCUT2D eigenvalue weighted by molar-refractivity contribution is 6.09. The molecule has 4 heteroatoms. The summed E-state index contributed by atoms with van der Waals surface area (Å²) in [6.07, 6.45) is 4.69. The van der Waals surface area contributed by atoms with Crippen LogP contribution in [0, 0.1) is 5.92 Å². The van der Waals surface area contributed by atoms with E-state index in [0.717, 1.165) is 0 Å². The van der Waals surface area contributed by atoms with Gasteiger partial charge in [0.2, 0.25) is 0 Å². The van der Waals surface area contributed by atoms with Crippen LogP contribution >= 0.6 is 0 Å². The molecule has 0 saturated heterocycles. The van der Waals surface area contributed by atoms with Gasteiger partial charge in [-0.15, -0.1) is 0 Å². The monoisotopic (exact) mass is 163 g/mol. The zero-order valence-electron chi connectivity index (χ0n) is 6.69. The molecule has 0 fully saturated rings.